The molecule has 3 aromatic heterocycles. The highest BCUT2D eigenvalue weighted by molar-refractivity contribution is 7.80. The number of nitrogens with one attached hydrogen (secondary N) is 1. The van der Waals surface area contributed by atoms with Crippen LogP contribution in [0.1, 0.15) is 34.6 Å². The molecule has 1 aliphatic rings. The quantitative estimate of drug-likeness (QED) is 0.468. The molecule has 5 rings (SSSR count). The number of pyridine rings is 2. The van der Waals surface area contributed by atoms with Crippen LogP contribution >= 0.6 is 12.2 Å². The molecule has 154 valence electrons. The third kappa shape index (κ3) is 3.70. The van der Waals surface area contributed by atoms with E-state index >= 15 is 0 Å². The number of benzene rings is 1. The fourth-order valence-electron chi connectivity index (χ4n) is 4.27. The van der Waals surface area contributed by atoms with Gasteiger partial charge < -0.3 is 14.8 Å². The smallest absolute Gasteiger partial charge is 0.170 e. The second kappa shape index (κ2) is 8.32. The summed E-state index contributed by atoms with van der Waals surface area (Å²) in [4.78, 5) is 11.1. The van der Waals surface area contributed by atoms with Crippen molar-refractivity contribution < 1.29 is 0 Å². The summed E-state index contributed by atoms with van der Waals surface area (Å²) in [5.41, 5.74) is 5.71. The van der Waals surface area contributed by atoms with Crippen molar-refractivity contribution in [3.63, 3.8) is 0 Å². The van der Waals surface area contributed by atoms with Crippen LogP contribution in [0.2, 0.25) is 0 Å². The first-order valence-electron chi connectivity index (χ1n) is 10.3. The fourth-order valence-corrected chi connectivity index (χ4v) is 4.58. The molecule has 1 N–H and O–H groups in total. The lowest BCUT2D eigenvalue weighted by Crippen LogP contribution is -2.30. The maximum Gasteiger partial charge on any atom is 0.170 e. The summed E-state index contributed by atoms with van der Waals surface area (Å²) in [7, 11) is 0. The molecule has 0 bridgehead atoms. The molecule has 1 aromatic carbocycles. The van der Waals surface area contributed by atoms with Gasteiger partial charge in [-0.15, -0.1) is 0 Å². The Hall–Kier alpha value is -3.51. The average molecular weight is 426 g/mol. The molecule has 1 aliphatic heterocycles. The third-order valence-electron chi connectivity index (χ3n) is 5.76. The number of hydrogen-bond acceptors (Lipinski definition) is 3. The SMILES string of the molecule is Cc1ccccc1-n1cccc1C1C(c2ccccn2)NC(=S)N1Cc1ccncc1. The number of para-hydroxylation sites is 1. The van der Waals surface area contributed by atoms with Crippen LogP contribution < -0.4 is 5.32 Å². The Bertz CT molecular complexity index is 1190. The van der Waals surface area contributed by atoms with Crippen LogP contribution in [0.3, 0.4) is 0 Å². The maximum absolute atomic E-state index is 5.82. The van der Waals surface area contributed by atoms with Gasteiger partial charge in [0.2, 0.25) is 0 Å². The number of thiocarbonyl (C=S) groups is 1. The summed E-state index contributed by atoms with van der Waals surface area (Å²) < 4.78 is 2.27. The highest BCUT2D eigenvalue weighted by Gasteiger charge is 2.41. The van der Waals surface area contributed by atoms with E-state index in [2.05, 4.69) is 80.3 Å². The number of nitrogens with zero attached hydrogens (tertiary/aromatic N) is 4. The topological polar surface area (TPSA) is 46.0 Å². The fraction of sp³-hybridized carbons (Fsp3) is 0.160. The van der Waals surface area contributed by atoms with E-state index in [-0.39, 0.29) is 12.1 Å². The van der Waals surface area contributed by atoms with E-state index in [1.54, 1.807) is 0 Å². The molecule has 2 unspecified atom stereocenters. The number of aryl methyl sites for hydroxylation is 1. The summed E-state index contributed by atoms with van der Waals surface area (Å²) in [6, 6.07) is 22.8. The summed E-state index contributed by atoms with van der Waals surface area (Å²) >= 11 is 5.82. The molecule has 1 fully saturated rings. The van der Waals surface area contributed by atoms with Crippen molar-refractivity contribution in [2.45, 2.75) is 25.6 Å². The van der Waals surface area contributed by atoms with Gasteiger partial charge in [-0.3, -0.25) is 9.97 Å². The van der Waals surface area contributed by atoms with Crippen LogP contribution in [0, 0.1) is 6.92 Å². The number of rotatable bonds is 5. The summed E-state index contributed by atoms with van der Waals surface area (Å²) in [5, 5.41) is 4.27. The van der Waals surface area contributed by atoms with E-state index in [0.717, 1.165) is 10.8 Å². The van der Waals surface area contributed by atoms with Crippen molar-refractivity contribution in [3.8, 4) is 5.69 Å². The molecule has 4 aromatic rings. The first-order valence-corrected chi connectivity index (χ1v) is 10.7. The van der Waals surface area contributed by atoms with Gasteiger partial charge in [0.15, 0.2) is 5.11 Å². The molecule has 1 saturated heterocycles. The molecule has 0 radical (unpaired) electrons. The van der Waals surface area contributed by atoms with Crippen molar-refractivity contribution in [1.29, 1.82) is 0 Å². The van der Waals surface area contributed by atoms with E-state index in [9.17, 15) is 0 Å². The van der Waals surface area contributed by atoms with Crippen LogP contribution in [-0.2, 0) is 6.54 Å². The lowest BCUT2D eigenvalue weighted by atomic mass is 10.0. The van der Waals surface area contributed by atoms with Gasteiger partial charge in [0.05, 0.1) is 17.8 Å². The molecule has 2 atom stereocenters. The standard InChI is InChI=1S/C25H23N5S/c1-18-7-2-3-9-21(18)29-16-6-10-22(29)24-23(20-8-4-5-13-27-20)28-25(31)30(24)17-19-11-14-26-15-12-19/h2-16,23-24H,17H2,1H3,(H,28,31). The minimum atomic E-state index is -0.0480. The molecule has 0 spiro atoms. The second-order valence-corrected chi connectivity index (χ2v) is 8.09. The van der Waals surface area contributed by atoms with Crippen LogP contribution in [0.25, 0.3) is 5.69 Å². The van der Waals surface area contributed by atoms with Gasteiger partial charge in [0.25, 0.3) is 0 Å². The zero-order chi connectivity index (χ0) is 21.2. The predicted octanol–water partition coefficient (Wildman–Crippen LogP) is 4.75. The first-order chi connectivity index (χ1) is 15.2. The molecule has 31 heavy (non-hydrogen) atoms. The van der Waals surface area contributed by atoms with E-state index in [0.29, 0.717) is 6.54 Å². The van der Waals surface area contributed by atoms with Gasteiger partial charge in [0.1, 0.15) is 0 Å². The molecule has 5 nitrogen and oxygen atoms in total. The predicted molar refractivity (Wildman–Crippen MR) is 126 cm³/mol. The van der Waals surface area contributed by atoms with Gasteiger partial charge in [-0.25, -0.2) is 0 Å². The van der Waals surface area contributed by atoms with Crippen LogP contribution in [0.5, 0.6) is 0 Å². The highest BCUT2D eigenvalue weighted by Crippen LogP contribution is 2.40. The lowest BCUT2D eigenvalue weighted by Gasteiger charge is -2.29. The van der Waals surface area contributed by atoms with Crippen LogP contribution in [-0.4, -0.2) is 24.5 Å². The average Bonchev–Trinajstić information content (AvgIpc) is 3.40. The van der Waals surface area contributed by atoms with Crippen molar-refractivity contribution in [3.05, 3.63) is 114 Å². The van der Waals surface area contributed by atoms with Gasteiger partial charge in [-0.05, 0) is 72.7 Å². The minimum Gasteiger partial charge on any atom is -0.352 e. The van der Waals surface area contributed by atoms with Crippen molar-refractivity contribution >= 4 is 17.3 Å². The zero-order valence-electron chi connectivity index (χ0n) is 17.2. The van der Waals surface area contributed by atoms with E-state index < -0.39 is 0 Å². The van der Waals surface area contributed by atoms with Crippen molar-refractivity contribution in [1.82, 2.24) is 24.8 Å². The summed E-state index contributed by atoms with van der Waals surface area (Å²) in [6.07, 6.45) is 7.61. The Labute approximate surface area is 187 Å². The minimum absolute atomic E-state index is 0.00910. The Morgan fingerprint density at radius 2 is 1.74 bits per heavy atom. The highest BCUT2D eigenvalue weighted by atomic mass is 32.1. The molecule has 0 amide bonds. The lowest BCUT2D eigenvalue weighted by molar-refractivity contribution is 0.302. The number of aromatic nitrogens is 3. The third-order valence-corrected chi connectivity index (χ3v) is 6.11. The molecular formula is C25H23N5S. The summed E-state index contributed by atoms with van der Waals surface area (Å²) in [6.45, 7) is 2.84. The summed E-state index contributed by atoms with van der Waals surface area (Å²) in [5.74, 6) is 0. The zero-order valence-corrected chi connectivity index (χ0v) is 18.0. The van der Waals surface area contributed by atoms with E-state index in [1.165, 1.54) is 22.5 Å². The largest absolute Gasteiger partial charge is 0.352 e. The Morgan fingerprint density at radius 3 is 2.52 bits per heavy atom. The maximum atomic E-state index is 5.82. The van der Waals surface area contributed by atoms with Crippen LogP contribution in [0.15, 0.2) is 91.5 Å². The monoisotopic (exact) mass is 425 g/mol. The van der Waals surface area contributed by atoms with E-state index in [4.69, 9.17) is 12.2 Å². The Morgan fingerprint density at radius 1 is 0.935 bits per heavy atom. The van der Waals surface area contributed by atoms with Crippen molar-refractivity contribution in [2.24, 2.45) is 0 Å². The second-order valence-electron chi connectivity index (χ2n) is 7.70. The van der Waals surface area contributed by atoms with Gasteiger partial charge >= 0.3 is 0 Å². The van der Waals surface area contributed by atoms with E-state index in [1.807, 2.05) is 42.9 Å². The molecule has 0 aliphatic carbocycles. The van der Waals surface area contributed by atoms with Gasteiger partial charge in [-0.2, -0.15) is 0 Å². The van der Waals surface area contributed by atoms with Crippen LogP contribution in [0.4, 0.5) is 0 Å². The molecule has 4 heterocycles. The van der Waals surface area contributed by atoms with Crippen molar-refractivity contribution in [2.75, 3.05) is 0 Å². The van der Waals surface area contributed by atoms with Gasteiger partial charge in [-0.1, -0.05) is 24.3 Å². The Balaban J connectivity index is 1.62. The first kappa shape index (κ1) is 19.5. The number of hydrogen-bond donors (Lipinski definition) is 1. The molecule has 6 heteroatoms. The molecule has 0 saturated carbocycles. The van der Waals surface area contributed by atoms with Gasteiger partial charge in [0, 0.05) is 42.7 Å². The normalized spacial score (nSPS) is 18.2. The Kier molecular flexibility index (Phi) is 5.22. The molecular weight excluding hydrogens is 402 g/mol.